The molecule has 4 aromatic carbocycles. The topological polar surface area (TPSA) is 123 Å². The zero-order valence-electron chi connectivity index (χ0n) is 31.2. The van der Waals surface area contributed by atoms with Crippen molar-refractivity contribution >= 4 is 24.1 Å². The highest BCUT2D eigenvalue weighted by molar-refractivity contribution is 5.76. The van der Waals surface area contributed by atoms with Crippen LogP contribution in [0.5, 0.6) is 0 Å². The zero-order chi connectivity index (χ0) is 39.5. The van der Waals surface area contributed by atoms with E-state index in [0.717, 1.165) is 16.7 Å². The van der Waals surface area contributed by atoms with E-state index in [0.29, 0.717) is 42.6 Å². The number of piperidine rings is 2. The molecule has 0 aliphatic carbocycles. The number of benzene rings is 4. The number of carboxylic acids is 1. The van der Waals surface area contributed by atoms with E-state index in [9.17, 15) is 33.1 Å². The van der Waals surface area contributed by atoms with Gasteiger partial charge in [0.05, 0.1) is 18.9 Å². The fourth-order valence-electron chi connectivity index (χ4n) is 6.97. The van der Waals surface area contributed by atoms with Gasteiger partial charge < -0.3 is 29.1 Å². The van der Waals surface area contributed by atoms with Gasteiger partial charge in [0.1, 0.15) is 24.8 Å². The minimum atomic E-state index is -0.999. The van der Waals surface area contributed by atoms with Crippen molar-refractivity contribution in [2.24, 2.45) is 11.8 Å². The van der Waals surface area contributed by atoms with Gasteiger partial charge in [-0.3, -0.25) is 9.59 Å². The van der Waals surface area contributed by atoms with Crippen LogP contribution in [0, 0.1) is 37.3 Å². The average Bonchev–Trinajstić information content (AvgIpc) is 3.21. The predicted molar refractivity (Wildman–Crippen MR) is 200 cm³/mol. The number of aliphatic carboxylic acids is 1. The van der Waals surface area contributed by atoms with Gasteiger partial charge in [0.15, 0.2) is 0 Å². The van der Waals surface area contributed by atoms with Gasteiger partial charge in [-0.15, -0.1) is 0 Å². The number of carbonyl (C=O) groups is 4. The second kappa shape index (κ2) is 19.0. The van der Waals surface area contributed by atoms with E-state index in [2.05, 4.69) is 0 Å². The Bertz CT molecular complexity index is 1940. The van der Waals surface area contributed by atoms with E-state index in [1.54, 1.807) is 32.0 Å². The molecule has 1 N–H and O–H groups in total. The molecular formula is C43H46F2N2O8. The van der Waals surface area contributed by atoms with Crippen LogP contribution in [0.1, 0.15) is 58.1 Å². The average molecular weight is 757 g/mol. The summed E-state index contributed by atoms with van der Waals surface area (Å²) >= 11 is 0. The van der Waals surface area contributed by atoms with Gasteiger partial charge in [0.25, 0.3) is 0 Å². The summed E-state index contributed by atoms with van der Waals surface area (Å²) in [6.07, 6.45) is -0.0206. The first kappa shape index (κ1) is 40.4. The monoisotopic (exact) mass is 756 g/mol. The number of carbonyl (C=O) groups excluding carboxylic acids is 3. The lowest BCUT2D eigenvalue weighted by Crippen LogP contribution is -2.46. The van der Waals surface area contributed by atoms with Crippen molar-refractivity contribution in [3.8, 4) is 0 Å². The summed E-state index contributed by atoms with van der Waals surface area (Å²) in [4.78, 5) is 51.9. The molecule has 6 rings (SSSR count). The van der Waals surface area contributed by atoms with Gasteiger partial charge in [0.2, 0.25) is 0 Å². The fraction of sp³-hybridized carbons (Fsp3) is 0.349. The number of ether oxygens (including phenoxy) is 3. The Hall–Kier alpha value is -5.78. The number of hydrogen-bond acceptors (Lipinski definition) is 7. The lowest BCUT2D eigenvalue weighted by atomic mass is 9.80. The van der Waals surface area contributed by atoms with Crippen LogP contribution in [0.3, 0.4) is 0 Å². The van der Waals surface area contributed by atoms with Crippen molar-refractivity contribution in [2.75, 3.05) is 33.3 Å². The molecule has 2 fully saturated rings. The summed E-state index contributed by atoms with van der Waals surface area (Å²) in [6, 6.07) is 28.5. The Morgan fingerprint density at radius 2 is 1.07 bits per heavy atom. The molecule has 2 heterocycles. The van der Waals surface area contributed by atoms with Crippen molar-refractivity contribution < 1.29 is 47.3 Å². The highest BCUT2D eigenvalue weighted by Crippen LogP contribution is 2.36. The number of esters is 1. The smallest absolute Gasteiger partial charge is 0.410 e. The molecule has 55 heavy (non-hydrogen) atoms. The molecule has 0 spiro atoms. The summed E-state index contributed by atoms with van der Waals surface area (Å²) in [7, 11) is 1.32. The molecule has 2 aliphatic rings. The van der Waals surface area contributed by atoms with Gasteiger partial charge >= 0.3 is 24.1 Å². The van der Waals surface area contributed by atoms with Crippen molar-refractivity contribution in [1.29, 1.82) is 0 Å². The molecule has 0 aromatic heterocycles. The van der Waals surface area contributed by atoms with Gasteiger partial charge in [-0.1, -0.05) is 84.9 Å². The number of likely N-dealkylation sites (tertiary alicyclic amines) is 2. The third kappa shape index (κ3) is 10.7. The standard InChI is InChI=1S/C22H24FNO4.C21H22FNO4/c1-15-8-9-17(12-20(15)23)18-10-11-24(13-19(18)21(25)27-2)22(26)28-14-16-6-4-3-5-7-16;1-14-7-8-16(11-19(14)22)17-9-10-23(12-18(17)20(24)25)21(26)27-13-15-5-3-2-4-6-15/h3-9,12,18-19H,10-11,13-14H2,1-2H3;2-8,11,17-18H,9-10,12-13H2,1H3,(H,24,25). The van der Waals surface area contributed by atoms with E-state index in [1.165, 1.54) is 29.0 Å². The third-order valence-electron chi connectivity index (χ3n) is 10.2. The highest BCUT2D eigenvalue weighted by atomic mass is 19.1. The largest absolute Gasteiger partial charge is 0.481 e. The molecule has 0 bridgehead atoms. The molecular weight excluding hydrogens is 710 g/mol. The van der Waals surface area contributed by atoms with Gasteiger partial charge in [0, 0.05) is 38.0 Å². The molecule has 4 atom stereocenters. The molecule has 10 nitrogen and oxygen atoms in total. The van der Waals surface area contributed by atoms with Gasteiger partial charge in [-0.05, 0) is 72.2 Å². The fourth-order valence-corrected chi connectivity index (χ4v) is 6.97. The molecule has 0 saturated carbocycles. The van der Waals surface area contributed by atoms with Crippen LogP contribution in [-0.2, 0) is 37.0 Å². The Morgan fingerprint density at radius 1 is 0.655 bits per heavy atom. The van der Waals surface area contributed by atoms with Crippen molar-refractivity contribution in [3.05, 3.63) is 142 Å². The lowest BCUT2D eigenvalue weighted by molar-refractivity contribution is -0.148. The summed E-state index contributed by atoms with van der Waals surface area (Å²) in [5, 5.41) is 9.63. The molecule has 12 heteroatoms. The molecule has 2 amide bonds. The number of nitrogens with zero attached hydrogens (tertiary/aromatic N) is 2. The minimum Gasteiger partial charge on any atom is -0.481 e. The number of halogens is 2. The first-order valence-electron chi connectivity index (χ1n) is 18.2. The Labute approximate surface area is 319 Å². The molecule has 0 radical (unpaired) electrons. The third-order valence-corrected chi connectivity index (χ3v) is 10.2. The Balaban J connectivity index is 0.000000211. The number of methoxy groups -OCH3 is 1. The SMILES string of the molecule is COC(=O)C1CN(C(=O)OCc2ccccc2)CCC1c1ccc(C)c(F)c1.Cc1ccc(C2CCN(C(=O)OCc3ccccc3)CC2C(=O)O)cc1F. The summed E-state index contributed by atoms with van der Waals surface area (Å²) in [5.41, 5.74) is 4.24. The van der Waals surface area contributed by atoms with E-state index in [-0.39, 0.29) is 49.8 Å². The van der Waals surface area contributed by atoms with Gasteiger partial charge in [-0.2, -0.15) is 0 Å². The molecule has 4 unspecified atom stereocenters. The lowest BCUT2D eigenvalue weighted by Gasteiger charge is -2.36. The van der Waals surface area contributed by atoms with Crippen LogP contribution < -0.4 is 0 Å². The molecule has 4 aromatic rings. The number of rotatable bonds is 8. The van der Waals surface area contributed by atoms with Crippen molar-refractivity contribution in [3.63, 3.8) is 0 Å². The summed E-state index contributed by atoms with van der Waals surface area (Å²) in [6.45, 7) is 4.70. The number of amides is 2. The van der Waals surface area contributed by atoms with E-state index >= 15 is 0 Å². The van der Waals surface area contributed by atoms with Crippen LogP contribution in [0.15, 0.2) is 97.1 Å². The normalized spacial score (nSPS) is 19.4. The van der Waals surface area contributed by atoms with E-state index < -0.39 is 36.0 Å². The number of hydrogen-bond donors (Lipinski definition) is 1. The maximum atomic E-state index is 14.0. The van der Waals surface area contributed by atoms with E-state index in [4.69, 9.17) is 14.2 Å². The second-order valence-electron chi connectivity index (χ2n) is 13.9. The van der Waals surface area contributed by atoms with Gasteiger partial charge in [-0.25, -0.2) is 18.4 Å². The second-order valence-corrected chi connectivity index (χ2v) is 13.9. The molecule has 2 saturated heterocycles. The van der Waals surface area contributed by atoms with Crippen LogP contribution in [0.4, 0.5) is 18.4 Å². The summed E-state index contributed by atoms with van der Waals surface area (Å²) in [5.74, 6) is -3.97. The molecule has 290 valence electrons. The first-order chi connectivity index (χ1) is 26.4. The number of carboxylic acid groups (broad SMARTS) is 1. The van der Waals surface area contributed by atoms with E-state index in [1.807, 2.05) is 66.7 Å². The Kier molecular flexibility index (Phi) is 14.0. The quantitative estimate of drug-likeness (QED) is 0.142. The predicted octanol–water partition coefficient (Wildman–Crippen LogP) is 8.01. The zero-order valence-corrected chi connectivity index (χ0v) is 31.2. The van der Waals surface area contributed by atoms with Crippen LogP contribution in [0.25, 0.3) is 0 Å². The van der Waals surface area contributed by atoms with Crippen LogP contribution in [-0.4, -0.2) is 72.3 Å². The minimum absolute atomic E-state index is 0.0448. The summed E-state index contributed by atoms with van der Waals surface area (Å²) < 4.78 is 43.5. The van der Waals surface area contributed by atoms with Crippen molar-refractivity contribution in [1.82, 2.24) is 9.80 Å². The maximum absolute atomic E-state index is 14.0. The Morgan fingerprint density at radius 3 is 1.47 bits per heavy atom. The first-order valence-corrected chi connectivity index (χ1v) is 18.2. The van der Waals surface area contributed by atoms with Crippen LogP contribution in [0.2, 0.25) is 0 Å². The highest BCUT2D eigenvalue weighted by Gasteiger charge is 2.39. The van der Waals surface area contributed by atoms with Crippen molar-refractivity contribution in [2.45, 2.75) is 51.7 Å². The van der Waals surface area contributed by atoms with Crippen LogP contribution >= 0.6 is 0 Å². The number of aryl methyl sites for hydroxylation is 2. The maximum Gasteiger partial charge on any atom is 0.410 e. The molecule has 2 aliphatic heterocycles.